The van der Waals surface area contributed by atoms with Crippen molar-refractivity contribution < 1.29 is 91.4 Å². The van der Waals surface area contributed by atoms with E-state index in [4.69, 9.17) is 33.4 Å². The Labute approximate surface area is 774 Å². The van der Waals surface area contributed by atoms with Crippen LogP contribution in [0.3, 0.4) is 0 Å². The smallest absolute Gasteiger partial charge is 0.246 e. The summed E-state index contributed by atoms with van der Waals surface area (Å²) in [4.78, 5) is 251. The number of nitrogens with one attached hydrogen (secondary N) is 15. The van der Waals surface area contributed by atoms with Crippen molar-refractivity contribution in [3.05, 3.63) is 137 Å². The summed E-state index contributed by atoms with van der Waals surface area (Å²) in [6, 6.07) is 8.98. The van der Waals surface area contributed by atoms with Crippen molar-refractivity contribution in [2.24, 2.45) is 28.7 Å². The number of rotatable bonds is 45. The Kier molecular flexibility index (Phi) is 41.0. The summed E-state index contributed by atoms with van der Waals surface area (Å²) in [5.41, 5.74) is 30.2. The Hall–Kier alpha value is -12.5. The third kappa shape index (κ3) is 33.1. The minimum Gasteiger partial charge on any atom is -0.492 e. The molecule has 0 saturated carbocycles. The van der Waals surface area contributed by atoms with E-state index in [0.29, 0.717) is 58.3 Å². The Bertz CT molecular complexity index is 5070. The number of hydrogen-bond acceptors (Lipinski definition) is 23. The van der Waals surface area contributed by atoms with Gasteiger partial charge >= 0.3 is 0 Å². The highest BCUT2D eigenvalue weighted by Gasteiger charge is 2.47. The molecular weight excluding hydrogens is 1740 g/mol. The van der Waals surface area contributed by atoms with E-state index in [1.165, 1.54) is 34.6 Å². The number of amides is 16. The highest BCUT2D eigenvalue weighted by Crippen LogP contribution is 2.47. The zero-order chi connectivity index (χ0) is 97.3. The molecule has 39 nitrogen and oxygen atoms in total. The van der Waals surface area contributed by atoms with Gasteiger partial charge in [-0.2, -0.15) is 0 Å². The van der Waals surface area contributed by atoms with Gasteiger partial charge < -0.3 is 122 Å². The van der Waals surface area contributed by atoms with E-state index in [-0.39, 0.29) is 115 Å². The van der Waals surface area contributed by atoms with Gasteiger partial charge in [0.05, 0.1) is 18.9 Å². The number of hydrogen-bond donors (Lipinski definition) is 21. The highest BCUT2D eigenvalue weighted by molar-refractivity contribution is 8.77. The van der Waals surface area contributed by atoms with Gasteiger partial charge in [0.15, 0.2) is 0 Å². The number of aromatic amines is 2. The van der Waals surface area contributed by atoms with Gasteiger partial charge in [-0.15, -0.1) is 0 Å². The fourth-order valence-electron chi connectivity index (χ4n) is 15.0. The van der Waals surface area contributed by atoms with Gasteiger partial charge in [0.1, 0.15) is 90.1 Å². The number of ether oxygens (including phenoxy) is 1. The van der Waals surface area contributed by atoms with Crippen LogP contribution in [0.25, 0.3) is 21.7 Å². The maximum absolute atomic E-state index is 16.4. The number of Topliss-reactive ketones (excluding diaryl/α,β-unsaturated/α-hetero) is 1. The number of aromatic nitrogens is 2. The second-order valence-corrected chi connectivity index (χ2v) is 37.9. The predicted molar refractivity (Wildman–Crippen MR) is 498 cm³/mol. The standard InChI is InChI=1S/C91H128N20O19S2/c1-50-22-20-27-62-59(49-99-73(50)62)45-68-81(122)101-63(28-13-11-12-23-51(2)112)79(120)110-76(90(8,9)132-131-89(6,7)75(100-54(5)115)86(127)107-70(48-72(95)117)83(124)109-74(52(3)113)85(126)105-68)87(128)106-66(43-55-31-34-61(35-32-55)130-41-38-93)80(121)103-67(44-56-30-33-57-24-14-15-25-58(57)42-56)84(125)111-91(10,36-17-18-37-92)88(129)108-64(29-16-19-39-97-53(4)114)78(119)104-69(47-71(94)116)82(123)102-65(77(96)118)46-60-26-21-40-98-60/h14-15,20-22,24-27,30-35,40,42,49,52,63-70,74-76,98-99,113H,11-13,16-19,23,28-29,36-39,41,43-48,92-93H2,1-10H3,(H2,94,116)(H2,95,117)(H2,96,118)(H,97,114)(H,100,115)(H,101,122)(H,102,123)(H,103,121)(H,104,119)(H,105,126)(H,106,128)(H,107,127)(H,108,129)(H,109,124)(H,110,120)(H,111,125)/t52-,63+,64+,65+,66+,67+,68+,69+,70+,74+,75-,76-,91+/m1/s1. The van der Waals surface area contributed by atoms with Gasteiger partial charge in [-0.3, -0.25) is 76.7 Å². The Morgan fingerprint density at radius 1 is 0.568 bits per heavy atom. The molecule has 7 rings (SSSR count). The lowest BCUT2D eigenvalue weighted by molar-refractivity contribution is -0.138. The van der Waals surface area contributed by atoms with Gasteiger partial charge in [-0.25, -0.2) is 0 Å². The highest BCUT2D eigenvalue weighted by atomic mass is 33.1. The maximum Gasteiger partial charge on any atom is 0.246 e. The number of aliphatic hydroxyl groups is 1. The molecule has 13 atom stereocenters. The average molecular weight is 1870 g/mol. The Morgan fingerprint density at radius 3 is 1.84 bits per heavy atom. The van der Waals surface area contributed by atoms with Crippen LogP contribution in [-0.2, 0) is 107 Å². The second-order valence-electron chi connectivity index (χ2n) is 34.5. The Balaban J connectivity index is 1.37. The number of para-hydroxylation sites is 1. The summed E-state index contributed by atoms with van der Waals surface area (Å²) in [6.07, 6.45) is 0.0171. The summed E-state index contributed by atoms with van der Waals surface area (Å²) in [5, 5.41) is 48.3. The van der Waals surface area contributed by atoms with E-state index in [0.717, 1.165) is 51.8 Å². The zero-order valence-corrected chi connectivity index (χ0v) is 77.8. The molecule has 0 spiro atoms. The quantitative estimate of drug-likeness (QED) is 0.0181. The molecule has 4 aromatic carbocycles. The molecule has 41 heteroatoms. The molecule has 1 saturated heterocycles. The number of fused-ring (bicyclic) bond motifs is 2. The molecule has 718 valence electrons. The number of ketones is 1. The van der Waals surface area contributed by atoms with Gasteiger partial charge in [-0.05, 0) is 171 Å². The second kappa shape index (κ2) is 50.8. The summed E-state index contributed by atoms with van der Waals surface area (Å²) in [5.74, 6) is -15.5. The SMILES string of the molecule is CC(=O)CCCCC[C@@H]1NC(=O)[C@H](Cc2c[nH]c3c(C)cccc23)NC(=O)[C@H]([C@@H](C)O)NC(=O)[C@H](CC(N)=O)NC(=O)[C@@H](NC(C)=O)C(C)(C)SSC(C)(C)[C@@H](C(=O)N[C@@H](Cc2ccc(OCCN)cc2)C(=O)N[C@@H](Cc2ccc3ccccc3c2)C(=O)N[C@@](C)(CCCCN)C(=O)N[C@@H](CCCCNC(C)=O)C(=O)N[C@@H](CC(N)=O)C(=O)N[C@@H](Cc2ccc[nH]2)C(N)=O)NC1=O. The largest absolute Gasteiger partial charge is 0.492 e. The molecule has 0 aliphatic carbocycles. The van der Waals surface area contributed by atoms with Crippen molar-refractivity contribution >= 4 is 144 Å². The van der Waals surface area contributed by atoms with Crippen LogP contribution in [0.1, 0.15) is 174 Å². The molecule has 132 heavy (non-hydrogen) atoms. The molecule has 1 fully saturated rings. The monoisotopic (exact) mass is 1870 g/mol. The summed E-state index contributed by atoms with van der Waals surface area (Å²) < 4.78 is 2.60. The number of benzene rings is 4. The molecule has 1 aliphatic heterocycles. The predicted octanol–water partition coefficient (Wildman–Crippen LogP) is 0.337. The van der Waals surface area contributed by atoms with Crippen LogP contribution in [-0.4, -0.2) is 229 Å². The third-order valence-electron chi connectivity index (χ3n) is 22.3. The van der Waals surface area contributed by atoms with E-state index in [2.05, 4.69) is 79.1 Å². The van der Waals surface area contributed by atoms with E-state index < -0.39 is 189 Å². The molecule has 2 aromatic heterocycles. The first-order valence-corrected chi connectivity index (χ1v) is 46.1. The van der Waals surface area contributed by atoms with Crippen LogP contribution < -0.4 is 103 Å². The number of nitrogens with two attached hydrogens (primary N) is 5. The van der Waals surface area contributed by atoms with Gasteiger partial charge in [-0.1, -0.05) is 107 Å². The van der Waals surface area contributed by atoms with Crippen LogP contribution in [0.5, 0.6) is 5.75 Å². The average Bonchev–Trinajstić information content (AvgIpc) is 1.50. The molecule has 3 heterocycles. The van der Waals surface area contributed by atoms with E-state index in [1.54, 1.807) is 99.0 Å². The summed E-state index contributed by atoms with van der Waals surface area (Å²) in [7, 11) is 1.83. The van der Waals surface area contributed by atoms with Crippen LogP contribution >= 0.6 is 21.6 Å². The number of carbonyl (C=O) groups excluding carboxylic acids is 17. The van der Waals surface area contributed by atoms with Crippen LogP contribution in [0.15, 0.2) is 109 Å². The van der Waals surface area contributed by atoms with Crippen LogP contribution in [0, 0.1) is 6.92 Å². The molecule has 6 aromatic rings. The molecule has 0 radical (unpaired) electrons. The molecular formula is C91H128N20O19S2. The van der Waals surface area contributed by atoms with Crippen molar-refractivity contribution in [1.29, 1.82) is 0 Å². The minimum absolute atomic E-state index is 0.115. The number of aliphatic hydroxyl groups excluding tert-OH is 1. The third-order valence-corrected chi connectivity index (χ3v) is 26.6. The number of carbonyl (C=O) groups is 17. The number of aryl methyl sites for hydroxylation is 1. The summed E-state index contributed by atoms with van der Waals surface area (Å²) in [6.45, 7) is 14.9. The molecule has 26 N–H and O–H groups in total. The van der Waals surface area contributed by atoms with Gasteiger partial charge in [0.25, 0.3) is 0 Å². The minimum atomic E-state index is -2.03. The lowest BCUT2D eigenvalue weighted by Crippen LogP contribution is -2.65. The number of unbranched alkanes of at least 4 members (excludes halogenated alkanes) is 4. The van der Waals surface area contributed by atoms with Gasteiger partial charge in [0, 0.05) is 97.5 Å². The number of H-pyrrole nitrogens is 2. The zero-order valence-electron chi connectivity index (χ0n) is 76.2. The first-order chi connectivity index (χ1) is 62.4. The van der Waals surface area contributed by atoms with E-state index in [1.807, 2.05) is 31.2 Å². The van der Waals surface area contributed by atoms with Crippen molar-refractivity contribution in [3.63, 3.8) is 0 Å². The lowest BCUT2D eigenvalue weighted by Gasteiger charge is -2.39. The fourth-order valence-corrected chi connectivity index (χ4v) is 17.8. The normalized spacial score (nSPS) is 19.1. The van der Waals surface area contributed by atoms with Crippen molar-refractivity contribution in [2.75, 3.05) is 26.2 Å². The van der Waals surface area contributed by atoms with Crippen molar-refractivity contribution in [1.82, 2.24) is 79.1 Å². The number of primary amides is 3. The Morgan fingerprint density at radius 2 is 1.20 bits per heavy atom. The topological polar surface area (TPSA) is 638 Å². The molecule has 0 unspecified atom stereocenters. The first kappa shape index (κ1) is 107. The van der Waals surface area contributed by atoms with Crippen molar-refractivity contribution in [3.8, 4) is 5.75 Å². The molecule has 16 amide bonds. The van der Waals surface area contributed by atoms with Gasteiger partial charge in [0.2, 0.25) is 94.5 Å². The van der Waals surface area contributed by atoms with E-state index >= 15 is 28.8 Å². The van der Waals surface area contributed by atoms with E-state index in [9.17, 15) is 57.8 Å². The van der Waals surface area contributed by atoms with Crippen molar-refractivity contribution in [2.45, 2.75) is 266 Å². The lowest BCUT2D eigenvalue weighted by atomic mass is 9.91. The summed E-state index contributed by atoms with van der Waals surface area (Å²) >= 11 is 0. The fraction of sp³-hybridized carbons (Fsp3) is 0.505. The first-order valence-electron chi connectivity index (χ1n) is 44.0. The van der Waals surface area contributed by atoms with Crippen LogP contribution in [0.2, 0.25) is 0 Å². The van der Waals surface area contributed by atoms with Crippen LogP contribution in [0.4, 0.5) is 0 Å². The molecule has 1 aliphatic rings. The molecule has 0 bridgehead atoms. The maximum atomic E-state index is 16.4.